The molecule has 1 atom stereocenters. The molecule has 0 spiro atoms. The number of hydrogen-bond acceptors (Lipinski definition) is 3. The summed E-state index contributed by atoms with van der Waals surface area (Å²) in [5.74, 6) is 0.705. The number of nitrogens with one attached hydrogen (secondary N) is 1. The second-order valence-electron chi connectivity index (χ2n) is 3.21. The summed E-state index contributed by atoms with van der Waals surface area (Å²) in [6, 6.07) is 0.440. The van der Waals surface area contributed by atoms with Crippen molar-refractivity contribution in [3.05, 3.63) is 16.6 Å². The first-order valence-electron chi connectivity index (χ1n) is 4.90. The second-order valence-corrected chi connectivity index (χ2v) is 4.14. The summed E-state index contributed by atoms with van der Waals surface area (Å²) in [4.78, 5) is 4.36. The Labute approximate surface area is 84.4 Å². The fraction of sp³-hybridized carbons (Fsp3) is 0.700. The van der Waals surface area contributed by atoms with Gasteiger partial charge in [0.05, 0.1) is 6.04 Å². The molecular weight excluding hydrogens is 180 g/mol. The number of nitrogens with zero attached hydrogens (tertiary/aromatic N) is 1. The van der Waals surface area contributed by atoms with Crippen molar-refractivity contribution in [1.82, 2.24) is 10.3 Å². The van der Waals surface area contributed by atoms with Gasteiger partial charge in [0.25, 0.3) is 0 Å². The average molecular weight is 198 g/mol. The SMILES string of the molecule is CCC(CC)C(NC)c1nccs1. The Kier molecular flexibility index (Phi) is 4.39. The Balaban J connectivity index is 2.72. The highest BCUT2D eigenvalue weighted by atomic mass is 32.1. The van der Waals surface area contributed by atoms with Gasteiger partial charge in [-0.25, -0.2) is 4.98 Å². The van der Waals surface area contributed by atoms with E-state index in [1.807, 2.05) is 18.6 Å². The second kappa shape index (κ2) is 5.35. The molecule has 0 saturated carbocycles. The molecule has 0 amide bonds. The molecule has 0 bridgehead atoms. The molecule has 0 aliphatic carbocycles. The maximum absolute atomic E-state index is 4.36. The molecule has 0 aliphatic heterocycles. The molecule has 13 heavy (non-hydrogen) atoms. The van der Waals surface area contributed by atoms with Gasteiger partial charge in [0.1, 0.15) is 5.01 Å². The van der Waals surface area contributed by atoms with E-state index in [0.717, 1.165) is 0 Å². The van der Waals surface area contributed by atoms with Crippen LogP contribution in [0, 0.1) is 5.92 Å². The third kappa shape index (κ3) is 2.51. The first kappa shape index (κ1) is 10.7. The molecule has 0 saturated heterocycles. The zero-order valence-electron chi connectivity index (χ0n) is 8.58. The Bertz CT molecular complexity index is 217. The minimum Gasteiger partial charge on any atom is -0.311 e. The minimum absolute atomic E-state index is 0.440. The average Bonchev–Trinajstić information content (AvgIpc) is 2.66. The van der Waals surface area contributed by atoms with E-state index in [4.69, 9.17) is 0 Å². The largest absolute Gasteiger partial charge is 0.311 e. The van der Waals surface area contributed by atoms with Crippen LogP contribution in [0.3, 0.4) is 0 Å². The number of aromatic nitrogens is 1. The van der Waals surface area contributed by atoms with Crippen LogP contribution in [0.25, 0.3) is 0 Å². The fourth-order valence-corrected chi connectivity index (χ4v) is 2.55. The topological polar surface area (TPSA) is 24.9 Å². The molecule has 0 radical (unpaired) electrons. The Morgan fingerprint density at radius 2 is 2.15 bits per heavy atom. The normalized spacial score (nSPS) is 13.5. The Morgan fingerprint density at radius 1 is 1.46 bits per heavy atom. The molecule has 74 valence electrons. The molecular formula is C10H18N2S. The predicted molar refractivity (Wildman–Crippen MR) is 58.0 cm³/mol. The van der Waals surface area contributed by atoms with E-state index in [1.165, 1.54) is 17.8 Å². The summed E-state index contributed by atoms with van der Waals surface area (Å²) in [5, 5.41) is 6.62. The third-order valence-electron chi connectivity index (χ3n) is 2.55. The molecule has 3 heteroatoms. The lowest BCUT2D eigenvalue weighted by Crippen LogP contribution is -2.24. The van der Waals surface area contributed by atoms with E-state index in [1.54, 1.807) is 11.3 Å². The maximum Gasteiger partial charge on any atom is 0.110 e. The van der Waals surface area contributed by atoms with E-state index in [2.05, 4.69) is 24.1 Å². The highest BCUT2D eigenvalue weighted by Gasteiger charge is 2.20. The van der Waals surface area contributed by atoms with Crippen LogP contribution in [-0.4, -0.2) is 12.0 Å². The van der Waals surface area contributed by atoms with Crippen molar-refractivity contribution >= 4 is 11.3 Å². The summed E-state index contributed by atoms with van der Waals surface area (Å²) >= 11 is 1.74. The van der Waals surface area contributed by atoms with E-state index in [-0.39, 0.29) is 0 Å². The van der Waals surface area contributed by atoms with Gasteiger partial charge in [-0.1, -0.05) is 26.7 Å². The molecule has 0 aromatic carbocycles. The molecule has 1 aromatic rings. The highest BCUT2D eigenvalue weighted by Crippen LogP contribution is 2.27. The van der Waals surface area contributed by atoms with Crippen molar-refractivity contribution < 1.29 is 0 Å². The molecule has 1 heterocycles. The number of rotatable bonds is 5. The van der Waals surface area contributed by atoms with Crippen molar-refractivity contribution in [3.63, 3.8) is 0 Å². The summed E-state index contributed by atoms with van der Waals surface area (Å²) < 4.78 is 0. The molecule has 1 rings (SSSR count). The predicted octanol–water partition coefficient (Wildman–Crippen LogP) is 2.84. The van der Waals surface area contributed by atoms with Crippen LogP contribution in [0.15, 0.2) is 11.6 Å². The van der Waals surface area contributed by atoms with Crippen LogP contribution in [0.4, 0.5) is 0 Å². The van der Waals surface area contributed by atoms with Crippen molar-refractivity contribution in [2.75, 3.05) is 7.05 Å². The Hall–Kier alpha value is -0.410. The van der Waals surface area contributed by atoms with Crippen LogP contribution >= 0.6 is 11.3 Å². The van der Waals surface area contributed by atoms with Gasteiger partial charge in [-0.2, -0.15) is 0 Å². The van der Waals surface area contributed by atoms with Crippen molar-refractivity contribution in [2.24, 2.45) is 5.92 Å². The van der Waals surface area contributed by atoms with Crippen molar-refractivity contribution in [2.45, 2.75) is 32.7 Å². The zero-order chi connectivity index (χ0) is 9.68. The Morgan fingerprint density at radius 3 is 2.54 bits per heavy atom. The molecule has 1 aromatic heterocycles. The number of thiazole rings is 1. The summed E-state index contributed by atoms with van der Waals surface area (Å²) in [7, 11) is 2.02. The lowest BCUT2D eigenvalue weighted by atomic mass is 9.95. The first-order chi connectivity index (χ1) is 6.33. The molecule has 1 N–H and O–H groups in total. The summed E-state index contributed by atoms with van der Waals surface area (Å²) in [6.07, 6.45) is 4.30. The zero-order valence-corrected chi connectivity index (χ0v) is 9.40. The molecule has 0 fully saturated rings. The van der Waals surface area contributed by atoms with E-state index >= 15 is 0 Å². The molecule has 0 aliphatic rings. The van der Waals surface area contributed by atoms with Gasteiger partial charge < -0.3 is 5.32 Å². The van der Waals surface area contributed by atoms with Gasteiger partial charge in [-0.05, 0) is 13.0 Å². The molecule has 1 unspecified atom stereocenters. The standard InChI is InChI=1S/C10H18N2S/c1-4-8(5-2)9(11-3)10-12-6-7-13-10/h6-9,11H,4-5H2,1-3H3. The number of hydrogen-bond donors (Lipinski definition) is 1. The van der Waals surface area contributed by atoms with E-state index in [9.17, 15) is 0 Å². The van der Waals surface area contributed by atoms with Crippen molar-refractivity contribution in [1.29, 1.82) is 0 Å². The van der Waals surface area contributed by atoms with E-state index < -0.39 is 0 Å². The van der Waals surface area contributed by atoms with Crippen LogP contribution in [0.1, 0.15) is 37.7 Å². The quantitative estimate of drug-likeness (QED) is 0.787. The van der Waals surface area contributed by atoms with Gasteiger partial charge >= 0.3 is 0 Å². The van der Waals surface area contributed by atoms with Gasteiger partial charge in [0.15, 0.2) is 0 Å². The van der Waals surface area contributed by atoms with Crippen LogP contribution in [0.5, 0.6) is 0 Å². The van der Waals surface area contributed by atoms with Crippen molar-refractivity contribution in [3.8, 4) is 0 Å². The maximum atomic E-state index is 4.36. The van der Waals surface area contributed by atoms with Crippen LogP contribution in [0.2, 0.25) is 0 Å². The third-order valence-corrected chi connectivity index (χ3v) is 3.41. The molecule has 2 nitrogen and oxygen atoms in total. The van der Waals surface area contributed by atoms with Gasteiger partial charge in [-0.15, -0.1) is 11.3 Å². The lowest BCUT2D eigenvalue weighted by molar-refractivity contribution is 0.358. The monoisotopic (exact) mass is 198 g/mol. The van der Waals surface area contributed by atoms with Crippen LogP contribution in [-0.2, 0) is 0 Å². The fourth-order valence-electron chi connectivity index (χ4n) is 1.71. The lowest BCUT2D eigenvalue weighted by Gasteiger charge is -2.22. The summed E-state index contributed by atoms with van der Waals surface area (Å²) in [6.45, 7) is 4.48. The van der Waals surface area contributed by atoms with Gasteiger partial charge in [-0.3, -0.25) is 0 Å². The highest BCUT2D eigenvalue weighted by molar-refractivity contribution is 7.09. The van der Waals surface area contributed by atoms with Gasteiger partial charge in [0.2, 0.25) is 0 Å². The smallest absolute Gasteiger partial charge is 0.110 e. The minimum atomic E-state index is 0.440. The van der Waals surface area contributed by atoms with Gasteiger partial charge in [0, 0.05) is 11.6 Å². The first-order valence-corrected chi connectivity index (χ1v) is 5.78. The van der Waals surface area contributed by atoms with Crippen LogP contribution < -0.4 is 5.32 Å². The summed E-state index contributed by atoms with van der Waals surface area (Å²) in [5.41, 5.74) is 0. The van der Waals surface area contributed by atoms with E-state index in [0.29, 0.717) is 12.0 Å².